The van der Waals surface area contributed by atoms with E-state index in [0.717, 1.165) is 11.1 Å². The SMILES string of the molecule is Cc1ccccc1-c1noc(COC(=O)C2CC(c3cccc(F)c3)=NO2)n1. The molecular formula is C20H16FN3O4. The summed E-state index contributed by atoms with van der Waals surface area (Å²) in [5.74, 6) is -0.383. The minimum absolute atomic E-state index is 0.174. The van der Waals surface area contributed by atoms with Crippen LogP contribution in [0.3, 0.4) is 0 Å². The Bertz CT molecular complexity index is 1050. The fourth-order valence-corrected chi connectivity index (χ4v) is 2.81. The minimum atomic E-state index is -0.892. The lowest BCUT2D eigenvalue weighted by atomic mass is 10.1. The lowest BCUT2D eigenvalue weighted by Gasteiger charge is -2.06. The number of hydrogen-bond acceptors (Lipinski definition) is 7. The minimum Gasteiger partial charge on any atom is -0.453 e. The van der Waals surface area contributed by atoms with Crippen molar-refractivity contribution in [3.63, 3.8) is 0 Å². The molecule has 1 unspecified atom stereocenters. The number of halogens is 1. The van der Waals surface area contributed by atoms with Gasteiger partial charge in [0.15, 0.2) is 6.61 Å². The Balaban J connectivity index is 1.34. The zero-order chi connectivity index (χ0) is 19.5. The lowest BCUT2D eigenvalue weighted by Crippen LogP contribution is -2.23. The fraction of sp³-hybridized carbons (Fsp3) is 0.200. The normalized spacial score (nSPS) is 15.8. The van der Waals surface area contributed by atoms with E-state index in [0.29, 0.717) is 17.1 Å². The third-order valence-corrected chi connectivity index (χ3v) is 4.28. The molecule has 1 atom stereocenters. The van der Waals surface area contributed by atoms with E-state index >= 15 is 0 Å². The van der Waals surface area contributed by atoms with E-state index in [1.54, 1.807) is 12.1 Å². The second-order valence-electron chi connectivity index (χ2n) is 6.28. The molecule has 3 aromatic rings. The van der Waals surface area contributed by atoms with E-state index in [2.05, 4.69) is 15.3 Å². The molecule has 142 valence electrons. The van der Waals surface area contributed by atoms with Crippen LogP contribution in [0.4, 0.5) is 4.39 Å². The molecule has 1 aromatic heterocycles. The quantitative estimate of drug-likeness (QED) is 0.630. The Labute approximate surface area is 159 Å². The molecule has 0 radical (unpaired) electrons. The number of carbonyl (C=O) groups is 1. The predicted molar refractivity (Wildman–Crippen MR) is 96.7 cm³/mol. The second-order valence-corrected chi connectivity index (χ2v) is 6.28. The van der Waals surface area contributed by atoms with Crippen LogP contribution >= 0.6 is 0 Å². The van der Waals surface area contributed by atoms with E-state index in [-0.39, 0.29) is 24.7 Å². The van der Waals surface area contributed by atoms with Gasteiger partial charge in [0.2, 0.25) is 11.9 Å². The maximum absolute atomic E-state index is 13.3. The third-order valence-electron chi connectivity index (χ3n) is 4.28. The topological polar surface area (TPSA) is 86.8 Å². The van der Waals surface area contributed by atoms with Crippen LogP contribution in [0.2, 0.25) is 0 Å². The highest BCUT2D eigenvalue weighted by atomic mass is 19.1. The van der Waals surface area contributed by atoms with Gasteiger partial charge in [0.1, 0.15) is 5.82 Å². The summed E-state index contributed by atoms with van der Waals surface area (Å²) in [6.45, 7) is 1.77. The monoisotopic (exact) mass is 381 g/mol. The highest BCUT2D eigenvalue weighted by molar-refractivity contribution is 6.03. The summed E-state index contributed by atoms with van der Waals surface area (Å²) in [6.07, 6.45) is -0.697. The van der Waals surface area contributed by atoms with Gasteiger partial charge < -0.3 is 14.1 Å². The van der Waals surface area contributed by atoms with E-state index in [1.807, 2.05) is 31.2 Å². The van der Waals surface area contributed by atoms with Crippen molar-refractivity contribution < 1.29 is 23.3 Å². The highest BCUT2D eigenvalue weighted by Crippen LogP contribution is 2.21. The molecule has 0 N–H and O–H groups in total. The molecule has 1 aliphatic rings. The van der Waals surface area contributed by atoms with Crippen molar-refractivity contribution in [2.45, 2.75) is 26.1 Å². The Kier molecular flexibility index (Phi) is 4.84. The van der Waals surface area contributed by atoms with Gasteiger partial charge in [-0.25, -0.2) is 9.18 Å². The summed E-state index contributed by atoms with van der Waals surface area (Å²) in [6, 6.07) is 13.6. The molecule has 0 amide bonds. The van der Waals surface area contributed by atoms with Crippen molar-refractivity contribution in [2.75, 3.05) is 0 Å². The molecule has 0 fully saturated rings. The van der Waals surface area contributed by atoms with E-state index in [1.165, 1.54) is 12.1 Å². The average molecular weight is 381 g/mol. The van der Waals surface area contributed by atoms with Crippen molar-refractivity contribution in [3.8, 4) is 11.4 Å². The van der Waals surface area contributed by atoms with Crippen LogP contribution < -0.4 is 0 Å². The fourth-order valence-electron chi connectivity index (χ4n) is 2.81. The van der Waals surface area contributed by atoms with Crippen LogP contribution in [-0.4, -0.2) is 27.9 Å². The number of hydrogen-bond donors (Lipinski definition) is 0. The second kappa shape index (κ2) is 7.59. The van der Waals surface area contributed by atoms with Crippen LogP contribution in [0.25, 0.3) is 11.4 Å². The van der Waals surface area contributed by atoms with Crippen molar-refractivity contribution in [1.29, 1.82) is 0 Å². The first-order valence-corrected chi connectivity index (χ1v) is 8.64. The standard InChI is InChI=1S/C20H16FN3O4/c1-12-5-2-3-8-15(12)19-22-18(28-24-19)11-26-20(25)17-10-16(23-27-17)13-6-4-7-14(21)9-13/h2-9,17H,10-11H2,1H3. The number of rotatable bonds is 5. The third kappa shape index (κ3) is 3.75. The molecule has 0 spiro atoms. The van der Waals surface area contributed by atoms with Crippen molar-refractivity contribution in [1.82, 2.24) is 10.1 Å². The molecule has 0 bridgehead atoms. The summed E-state index contributed by atoms with van der Waals surface area (Å²) in [5.41, 5.74) is 2.90. The van der Waals surface area contributed by atoms with Crippen molar-refractivity contribution in [2.24, 2.45) is 5.16 Å². The molecule has 0 saturated heterocycles. The van der Waals surface area contributed by atoms with Gasteiger partial charge in [-0.05, 0) is 24.6 Å². The summed E-state index contributed by atoms with van der Waals surface area (Å²) in [5, 5.41) is 7.77. The van der Waals surface area contributed by atoms with Gasteiger partial charge in [0, 0.05) is 17.5 Å². The summed E-state index contributed by atoms with van der Waals surface area (Å²) >= 11 is 0. The van der Waals surface area contributed by atoms with Gasteiger partial charge in [-0.3, -0.25) is 0 Å². The number of esters is 1. The number of nitrogens with zero attached hydrogens (tertiary/aromatic N) is 3. The van der Waals surface area contributed by atoms with Crippen LogP contribution in [0.1, 0.15) is 23.4 Å². The van der Waals surface area contributed by atoms with Gasteiger partial charge >= 0.3 is 5.97 Å². The summed E-state index contributed by atoms with van der Waals surface area (Å²) < 4.78 is 23.7. The number of ether oxygens (including phenoxy) is 1. The number of benzene rings is 2. The highest BCUT2D eigenvalue weighted by Gasteiger charge is 2.30. The zero-order valence-corrected chi connectivity index (χ0v) is 15.0. The Morgan fingerprint density at radius 2 is 2.11 bits per heavy atom. The maximum atomic E-state index is 13.3. The van der Waals surface area contributed by atoms with Gasteiger partial charge in [-0.15, -0.1) is 0 Å². The van der Waals surface area contributed by atoms with Gasteiger partial charge in [0.25, 0.3) is 5.89 Å². The number of aryl methyl sites for hydroxylation is 1. The van der Waals surface area contributed by atoms with Crippen LogP contribution in [0, 0.1) is 12.7 Å². The summed E-state index contributed by atoms with van der Waals surface area (Å²) in [7, 11) is 0. The first-order valence-electron chi connectivity index (χ1n) is 8.64. The molecule has 0 saturated carbocycles. The predicted octanol–water partition coefficient (Wildman–Crippen LogP) is 3.42. The number of carbonyl (C=O) groups excluding carboxylic acids is 1. The van der Waals surface area contributed by atoms with Crippen LogP contribution in [-0.2, 0) is 21.0 Å². The Hall–Kier alpha value is -3.55. The molecule has 1 aliphatic heterocycles. The molecule has 0 aliphatic carbocycles. The molecule has 2 heterocycles. The molecule has 7 nitrogen and oxygen atoms in total. The van der Waals surface area contributed by atoms with E-state index in [4.69, 9.17) is 14.1 Å². The first-order chi connectivity index (χ1) is 13.6. The number of aromatic nitrogens is 2. The lowest BCUT2D eigenvalue weighted by molar-refractivity contribution is -0.157. The maximum Gasteiger partial charge on any atom is 0.351 e. The van der Waals surface area contributed by atoms with Gasteiger partial charge in [-0.1, -0.05) is 46.7 Å². The van der Waals surface area contributed by atoms with Gasteiger partial charge in [0.05, 0.1) is 5.71 Å². The summed E-state index contributed by atoms with van der Waals surface area (Å²) in [4.78, 5) is 21.6. The zero-order valence-electron chi connectivity index (χ0n) is 15.0. The van der Waals surface area contributed by atoms with Crippen molar-refractivity contribution in [3.05, 3.63) is 71.4 Å². The number of oxime groups is 1. The Morgan fingerprint density at radius 3 is 2.93 bits per heavy atom. The smallest absolute Gasteiger partial charge is 0.351 e. The van der Waals surface area contributed by atoms with Crippen LogP contribution in [0.15, 0.2) is 58.2 Å². The van der Waals surface area contributed by atoms with E-state index < -0.39 is 12.1 Å². The molecule has 28 heavy (non-hydrogen) atoms. The van der Waals surface area contributed by atoms with E-state index in [9.17, 15) is 9.18 Å². The Morgan fingerprint density at radius 1 is 1.25 bits per heavy atom. The first kappa shape index (κ1) is 17.8. The van der Waals surface area contributed by atoms with Gasteiger partial charge in [-0.2, -0.15) is 4.98 Å². The molecule has 8 heteroatoms. The van der Waals surface area contributed by atoms with Crippen LogP contribution in [0.5, 0.6) is 0 Å². The van der Waals surface area contributed by atoms with Crippen molar-refractivity contribution >= 4 is 11.7 Å². The molecule has 4 rings (SSSR count). The largest absolute Gasteiger partial charge is 0.453 e. The average Bonchev–Trinajstić information content (AvgIpc) is 3.36. The molecular weight excluding hydrogens is 365 g/mol. The molecule has 2 aromatic carbocycles.